The van der Waals surface area contributed by atoms with Crippen molar-refractivity contribution in [2.75, 3.05) is 40.5 Å². The highest BCUT2D eigenvalue weighted by Gasteiger charge is 2.21. The molecule has 0 saturated carbocycles. The lowest BCUT2D eigenvalue weighted by molar-refractivity contribution is -0.133. The monoisotopic (exact) mass is 280 g/mol. The van der Waals surface area contributed by atoms with Crippen molar-refractivity contribution in [1.82, 2.24) is 4.90 Å². The van der Waals surface area contributed by atoms with Crippen LogP contribution in [0.3, 0.4) is 0 Å². The number of benzene rings is 1. The van der Waals surface area contributed by atoms with Gasteiger partial charge in [0.05, 0.1) is 6.61 Å². The Kier molecular flexibility index (Phi) is 7.87. The smallest absolute Gasteiger partial charge is 0.244 e. The van der Waals surface area contributed by atoms with E-state index in [4.69, 9.17) is 15.2 Å². The topological polar surface area (TPSA) is 64.8 Å². The Morgan fingerprint density at radius 1 is 1.15 bits per heavy atom. The summed E-state index contributed by atoms with van der Waals surface area (Å²) in [6.45, 7) is 2.29. The predicted octanol–water partition coefficient (Wildman–Crippen LogP) is 1.20. The molecular weight excluding hydrogens is 256 g/mol. The number of nitrogens with zero attached hydrogens (tertiary/aromatic N) is 1. The molecule has 0 saturated heterocycles. The third kappa shape index (κ3) is 5.28. The summed E-state index contributed by atoms with van der Waals surface area (Å²) >= 11 is 0. The molecule has 0 aromatic heterocycles. The van der Waals surface area contributed by atoms with Crippen LogP contribution in [0.15, 0.2) is 30.3 Å². The summed E-state index contributed by atoms with van der Waals surface area (Å²) in [6, 6.07) is 8.77. The van der Waals surface area contributed by atoms with Gasteiger partial charge in [0, 0.05) is 33.9 Å². The highest BCUT2D eigenvalue weighted by Crippen LogP contribution is 2.13. The first-order valence-corrected chi connectivity index (χ1v) is 6.78. The molecule has 0 radical (unpaired) electrons. The van der Waals surface area contributed by atoms with Crippen molar-refractivity contribution < 1.29 is 14.3 Å². The Hall–Kier alpha value is -1.43. The van der Waals surface area contributed by atoms with Crippen molar-refractivity contribution in [3.63, 3.8) is 0 Å². The fourth-order valence-corrected chi connectivity index (χ4v) is 1.93. The molecule has 1 aromatic carbocycles. The molecule has 0 fully saturated rings. The Bertz CT molecular complexity index is 384. The number of rotatable bonds is 9. The van der Waals surface area contributed by atoms with E-state index < -0.39 is 6.04 Å². The summed E-state index contributed by atoms with van der Waals surface area (Å²) in [6.07, 6.45) is 0.785. The van der Waals surface area contributed by atoms with Crippen molar-refractivity contribution in [1.29, 1.82) is 0 Å². The molecule has 1 atom stereocenters. The van der Waals surface area contributed by atoms with E-state index in [1.165, 1.54) is 0 Å². The highest BCUT2D eigenvalue weighted by atomic mass is 16.5. The van der Waals surface area contributed by atoms with Gasteiger partial charge in [-0.2, -0.15) is 0 Å². The number of ether oxygens (including phenoxy) is 2. The van der Waals surface area contributed by atoms with Crippen molar-refractivity contribution in [3.05, 3.63) is 35.9 Å². The molecule has 1 unspecified atom stereocenters. The normalized spacial score (nSPS) is 12.2. The molecule has 1 amide bonds. The van der Waals surface area contributed by atoms with Gasteiger partial charge >= 0.3 is 0 Å². The zero-order valence-electron chi connectivity index (χ0n) is 12.2. The van der Waals surface area contributed by atoms with Crippen LogP contribution < -0.4 is 5.73 Å². The van der Waals surface area contributed by atoms with E-state index >= 15 is 0 Å². The highest BCUT2D eigenvalue weighted by molar-refractivity contribution is 5.83. The van der Waals surface area contributed by atoms with Crippen LogP contribution in [0, 0.1) is 0 Å². The van der Waals surface area contributed by atoms with Gasteiger partial charge in [0.2, 0.25) is 5.91 Å². The van der Waals surface area contributed by atoms with Crippen molar-refractivity contribution in [2.45, 2.75) is 12.5 Å². The molecule has 20 heavy (non-hydrogen) atoms. The van der Waals surface area contributed by atoms with Crippen LogP contribution in [-0.4, -0.2) is 51.3 Å². The van der Waals surface area contributed by atoms with E-state index in [1.807, 2.05) is 30.3 Å². The van der Waals surface area contributed by atoms with Gasteiger partial charge in [0.15, 0.2) is 0 Å². The number of hydrogen-bond donors (Lipinski definition) is 1. The zero-order valence-corrected chi connectivity index (χ0v) is 12.2. The SMILES string of the molecule is COCCCN(CCOC)C(=O)C(N)c1ccccc1. The summed E-state index contributed by atoms with van der Waals surface area (Å²) in [5.74, 6) is -0.0793. The molecule has 0 aliphatic rings. The van der Waals surface area contributed by atoms with Crippen LogP contribution in [-0.2, 0) is 14.3 Å². The van der Waals surface area contributed by atoms with Gasteiger partial charge in [0.25, 0.3) is 0 Å². The minimum Gasteiger partial charge on any atom is -0.385 e. The molecule has 0 aliphatic carbocycles. The molecule has 5 nitrogen and oxygen atoms in total. The third-order valence-electron chi connectivity index (χ3n) is 3.08. The quantitative estimate of drug-likeness (QED) is 0.690. The number of nitrogens with two attached hydrogens (primary N) is 1. The number of amides is 1. The second-order valence-electron chi connectivity index (χ2n) is 4.55. The van der Waals surface area contributed by atoms with Gasteiger partial charge in [-0.15, -0.1) is 0 Å². The average molecular weight is 280 g/mol. The molecule has 112 valence electrons. The Balaban J connectivity index is 2.65. The lowest BCUT2D eigenvalue weighted by atomic mass is 10.1. The minimum absolute atomic E-state index is 0.0793. The Morgan fingerprint density at radius 2 is 1.80 bits per heavy atom. The molecule has 0 aliphatic heterocycles. The summed E-state index contributed by atoms with van der Waals surface area (Å²) in [4.78, 5) is 14.2. The van der Waals surface area contributed by atoms with E-state index in [2.05, 4.69) is 0 Å². The van der Waals surface area contributed by atoms with Gasteiger partial charge in [-0.05, 0) is 12.0 Å². The van der Waals surface area contributed by atoms with Crippen molar-refractivity contribution >= 4 is 5.91 Å². The molecule has 1 rings (SSSR count). The second kappa shape index (κ2) is 9.47. The summed E-state index contributed by atoms with van der Waals surface area (Å²) in [5, 5.41) is 0. The van der Waals surface area contributed by atoms with Gasteiger partial charge < -0.3 is 20.1 Å². The van der Waals surface area contributed by atoms with E-state index in [0.717, 1.165) is 12.0 Å². The number of methoxy groups -OCH3 is 2. The van der Waals surface area contributed by atoms with Gasteiger partial charge in [-0.1, -0.05) is 30.3 Å². The number of hydrogen-bond acceptors (Lipinski definition) is 4. The minimum atomic E-state index is -0.629. The maximum atomic E-state index is 12.4. The van der Waals surface area contributed by atoms with E-state index in [0.29, 0.717) is 26.3 Å². The van der Waals surface area contributed by atoms with Gasteiger partial charge in [0.1, 0.15) is 6.04 Å². The zero-order chi connectivity index (χ0) is 14.8. The number of carbonyl (C=O) groups is 1. The lowest BCUT2D eigenvalue weighted by Crippen LogP contribution is -2.41. The maximum Gasteiger partial charge on any atom is 0.244 e. The van der Waals surface area contributed by atoms with Crippen LogP contribution in [0.5, 0.6) is 0 Å². The number of carbonyl (C=O) groups excluding carboxylic acids is 1. The van der Waals surface area contributed by atoms with Gasteiger partial charge in [-0.25, -0.2) is 0 Å². The first-order valence-electron chi connectivity index (χ1n) is 6.78. The summed E-state index contributed by atoms with van der Waals surface area (Å²) < 4.78 is 10.1. The van der Waals surface area contributed by atoms with Crippen LogP contribution in [0.2, 0.25) is 0 Å². The fraction of sp³-hybridized carbons (Fsp3) is 0.533. The Morgan fingerprint density at radius 3 is 2.40 bits per heavy atom. The standard InChI is InChI=1S/C15H24N2O3/c1-19-11-6-9-17(10-12-20-2)15(18)14(16)13-7-4-3-5-8-13/h3-5,7-8,14H,6,9-12,16H2,1-2H3. The summed E-state index contributed by atoms with van der Waals surface area (Å²) in [7, 11) is 3.27. The van der Waals surface area contributed by atoms with Crippen LogP contribution in [0.25, 0.3) is 0 Å². The maximum absolute atomic E-state index is 12.4. The third-order valence-corrected chi connectivity index (χ3v) is 3.08. The fourth-order valence-electron chi connectivity index (χ4n) is 1.93. The predicted molar refractivity (Wildman–Crippen MR) is 78.3 cm³/mol. The van der Waals surface area contributed by atoms with Gasteiger partial charge in [-0.3, -0.25) is 4.79 Å². The summed E-state index contributed by atoms with van der Waals surface area (Å²) in [5.41, 5.74) is 6.88. The average Bonchev–Trinajstić information content (AvgIpc) is 2.50. The van der Waals surface area contributed by atoms with Crippen molar-refractivity contribution in [2.24, 2.45) is 5.73 Å². The van der Waals surface area contributed by atoms with Crippen LogP contribution >= 0.6 is 0 Å². The molecule has 2 N–H and O–H groups in total. The molecule has 5 heteroatoms. The van der Waals surface area contributed by atoms with Crippen molar-refractivity contribution in [3.8, 4) is 0 Å². The van der Waals surface area contributed by atoms with E-state index in [9.17, 15) is 4.79 Å². The second-order valence-corrected chi connectivity index (χ2v) is 4.55. The largest absolute Gasteiger partial charge is 0.385 e. The molecule has 0 bridgehead atoms. The van der Waals surface area contributed by atoms with E-state index in [-0.39, 0.29) is 5.91 Å². The molecule has 0 spiro atoms. The molecule has 1 aromatic rings. The van der Waals surface area contributed by atoms with Crippen LogP contribution in [0.1, 0.15) is 18.0 Å². The Labute approximate surface area is 120 Å². The molecule has 0 heterocycles. The first kappa shape index (κ1) is 16.6. The first-order chi connectivity index (χ1) is 9.70. The molecular formula is C15H24N2O3. The van der Waals surface area contributed by atoms with Crippen LogP contribution in [0.4, 0.5) is 0 Å². The van der Waals surface area contributed by atoms with E-state index in [1.54, 1.807) is 19.1 Å². The lowest BCUT2D eigenvalue weighted by Gasteiger charge is -2.25.